The molecule has 0 saturated heterocycles. The first-order chi connectivity index (χ1) is 11.5. The third-order valence-electron chi connectivity index (χ3n) is 3.18. The van der Waals surface area contributed by atoms with Crippen LogP contribution in [0.25, 0.3) is 11.6 Å². The van der Waals surface area contributed by atoms with Crippen molar-refractivity contribution in [1.29, 1.82) is 0 Å². The molecule has 3 rings (SSSR count). The van der Waals surface area contributed by atoms with Crippen LogP contribution in [0.1, 0.15) is 15.9 Å². The van der Waals surface area contributed by atoms with E-state index >= 15 is 0 Å². The second-order valence-corrected chi connectivity index (χ2v) is 4.93. The molecule has 1 aromatic carbocycles. The number of nitrogen functional groups attached to an aromatic ring is 1. The Morgan fingerprint density at radius 2 is 2.00 bits per heavy atom. The summed E-state index contributed by atoms with van der Waals surface area (Å²) in [4.78, 5) is 20.2. The molecule has 3 aromatic rings. The number of furan rings is 1. The fourth-order valence-corrected chi connectivity index (χ4v) is 2.09. The Labute approximate surface area is 135 Å². The van der Waals surface area contributed by atoms with Gasteiger partial charge in [0, 0.05) is 18.8 Å². The summed E-state index contributed by atoms with van der Waals surface area (Å²) in [5.74, 6) is -1.34. The Morgan fingerprint density at radius 3 is 2.62 bits per heavy atom. The van der Waals surface area contributed by atoms with Gasteiger partial charge in [-0.15, -0.1) is 0 Å². The number of aromatic nitrogens is 2. The fourth-order valence-electron chi connectivity index (χ4n) is 2.09. The van der Waals surface area contributed by atoms with Crippen molar-refractivity contribution in [1.82, 2.24) is 15.3 Å². The van der Waals surface area contributed by atoms with Crippen molar-refractivity contribution in [2.24, 2.45) is 0 Å². The summed E-state index contributed by atoms with van der Waals surface area (Å²) in [5.41, 5.74) is 6.11. The van der Waals surface area contributed by atoms with Crippen LogP contribution in [-0.4, -0.2) is 15.9 Å². The number of halogens is 2. The van der Waals surface area contributed by atoms with Crippen LogP contribution >= 0.6 is 0 Å². The summed E-state index contributed by atoms with van der Waals surface area (Å²) in [6.07, 6.45) is 2.73. The Bertz CT molecular complexity index is 862. The van der Waals surface area contributed by atoms with Crippen LogP contribution in [-0.2, 0) is 6.54 Å². The first-order valence-electron chi connectivity index (χ1n) is 6.92. The topological polar surface area (TPSA) is 94.0 Å². The van der Waals surface area contributed by atoms with Crippen molar-refractivity contribution in [3.05, 3.63) is 65.6 Å². The predicted octanol–water partition coefficient (Wildman–Crippen LogP) is 2.53. The Hall–Kier alpha value is -3.29. The summed E-state index contributed by atoms with van der Waals surface area (Å²) in [7, 11) is 0. The summed E-state index contributed by atoms with van der Waals surface area (Å²) in [6, 6.07) is 6.34. The maximum atomic E-state index is 13.1. The first kappa shape index (κ1) is 15.6. The van der Waals surface area contributed by atoms with Gasteiger partial charge in [0.2, 0.25) is 0 Å². The van der Waals surface area contributed by atoms with Crippen LogP contribution in [0.5, 0.6) is 0 Å². The second-order valence-electron chi connectivity index (χ2n) is 4.93. The summed E-state index contributed by atoms with van der Waals surface area (Å²) < 4.78 is 31.4. The number of rotatable bonds is 4. The van der Waals surface area contributed by atoms with E-state index in [0.29, 0.717) is 5.76 Å². The highest BCUT2D eigenvalue weighted by atomic mass is 19.1. The second kappa shape index (κ2) is 6.45. The average molecular weight is 330 g/mol. The molecule has 3 N–H and O–H groups in total. The number of anilines is 1. The lowest BCUT2D eigenvalue weighted by Crippen LogP contribution is -2.24. The van der Waals surface area contributed by atoms with Crippen molar-refractivity contribution in [3.8, 4) is 11.6 Å². The smallest absolute Gasteiger partial charge is 0.256 e. The number of nitrogens with zero attached hydrogens (tertiary/aromatic N) is 2. The number of amides is 1. The Balaban J connectivity index is 1.73. The van der Waals surface area contributed by atoms with Gasteiger partial charge in [0.15, 0.2) is 11.6 Å². The summed E-state index contributed by atoms with van der Waals surface area (Å²) in [5, 5.41) is 2.51. The first-order valence-corrected chi connectivity index (χ1v) is 6.92. The van der Waals surface area contributed by atoms with E-state index < -0.39 is 17.5 Å². The summed E-state index contributed by atoms with van der Waals surface area (Å²) in [6.45, 7) is -0.0626. The summed E-state index contributed by atoms with van der Waals surface area (Å²) >= 11 is 0. The highest BCUT2D eigenvalue weighted by Gasteiger charge is 2.14. The number of nitrogens with two attached hydrogens (primary N) is 1. The molecule has 0 radical (unpaired) electrons. The maximum Gasteiger partial charge on any atom is 0.256 e. The van der Waals surface area contributed by atoms with Gasteiger partial charge >= 0.3 is 0 Å². The molecule has 24 heavy (non-hydrogen) atoms. The molecule has 0 aliphatic rings. The lowest BCUT2D eigenvalue weighted by Gasteiger charge is -2.08. The minimum absolute atomic E-state index is 0.0284. The monoisotopic (exact) mass is 330 g/mol. The van der Waals surface area contributed by atoms with E-state index in [4.69, 9.17) is 10.2 Å². The molecular weight excluding hydrogens is 318 g/mol. The molecule has 8 heteroatoms. The van der Waals surface area contributed by atoms with Gasteiger partial charge in [0.05, 0.1) is 11.8 Å². The largest absolute Gasteiger partial charge is 0.461 e. The number of benzene rings is 1. The standard InChI is InChI=1S/C16H12F2N4O2/c17-10-4-9(5-11(18)6-10)7-21-16(23)12-8-20-15(22-14(12)19)13-2-1-3-24-13/h1-6,8H,7H2,(H,21,23)(H2,19,20,22). The van der Waals surface area contributed by atoms with Crippen molar-refractivity contribution in [3.63, 3.8) is 0 Å². The van der Waals surface area contributed by atoms with E-state index in [1.54, 1.807) is 12.1 Å². The molecule has 0 saturated carbocycles. The molecule has 0 spiro atoms. The van der Waals surface area contributed by atoms with Gasteiger partial charge in [-0.3, -0.25) is 4.79 Å². The molecule has 0 aliphatic carbocycles. The van der Waals surface area contributed by atoms with Gasteiger partial charge < -0.3 is 15.5 Å². The molecule has 0 bridgehead atoms. The molecule has 2 heterocycles. The van der Waals surface area contributed by atoms with Gasteiger partial charge in [-0.05, 0) is 29.8 Å². The molecule has 2 aromatic heterocycles. The van der Waals surface area contributed by atoms with Crippen molar-refractivity contribution in [2.45, 2.75) is 6.54 Å². The van der Waals surface area contributed by atoms with Crippen LogP contribution in [0.2, 0.25) is 0 Å². The molecule has 0 fully saturated rings. The van der Waals surface area contributed by atoms with E-state index in [0.717, 1.165) is 18.2 Å². The van der Waals surface area contributed by atoms with Gasteiger partial charge in [0.25, 0.3) is 5.91 Å². The van der Waals surface area contributed by atoms with Gasteiger partial charge in [-0.1, -0.05) is 0 Å². The van der Waals surface area contributed by atoms with Crippen molar-refractivity contribution >= 4 is 11.7 Å². The zero-order valence-electron chi connectivity index (χ0n) is 12.3. The highest BCUT2D eigenvalue weighted by Crippen LogP contribution is 2.18. The predicted molar refractivity (Wildman–Crippen MR) is 81.7 cm³/mol. The van der Waals surface area contributed by atoms with Crippen molar-refractivity contribution < 1.29 is 18.0 Å². The quantitative estimate of drug-likeness (QED) is 0.766. The molecule has 122 valence electrons. The number of hydrogen-bond donors (Lipinski definition) is 2. The third-order valence-corrected chi connectivity index (χ3v) is 3.18. The Kier molecular flexibility index (Phi) is 4.19. The van der Waals surface area contributed by atoms with Gasteiger partial charge in [0.1, 0.15) is 17.5 Å². The van der Waals surface area contributed by atoms with Crippen LogP contribution in [0.3, 0.4) is 0 Å². The molecule has 6 nitrogen and oxygen atoms in total. The molecule has 0 aliphatic heterocycles. The maximum absolute atomic E-state index is 13.1. The lowest BCUT2D eigenvalue weighted by atomic mass is 10.2. The van der Waals surface area contributed by atoms with E-state index in [1.807, 2.05) is 0 Å². The zero-order valence-corrected chi connectivity index (χ0v) is 12.3. The van der Waals surface area contributed by atoms with E-state index in [-0.39, 0.29) is 29.3 Å². The Morgan fingerprint density at radius 1 is 1.25 bits per heavy atom. The minimum Gasteiger partial charge on any atom is -0.461 e. The molecule has 1 amide bonds. The number of carbonyl (C=O) groups excluding carboxylic acids is 1. The highest BCUT2D eigenvalue weighted by molar-refractivity contribution is 5.98. The lowest BCUT2D eigenvalue weighted by molar-refractivity contribution is 0.0951. The zero-order chi connectivity index (χ0) is 17.1. The van der Waals surface area contributed by atoms with Crippen LogP contribution < -0.4 is 11.1 Å². The van der Waals surface area contributed by atoms with E-state index in [9.17, 15) is 13.6 Å². The number of hydrogen-bond acceptors (Lipinski definition) is 5. The van der Waals surface area contributed by atoms with Crippen LogP contribution in [0, 0.1) is 11.6 Å². The minimum atomic E-state index is -0.718. The van der Waals surface area contributed by atoms with Crippen molar-refractivity contribution in [2.75, 3.05) is 5.73 Å². The van der Waals surface area contributed by atoms with Gasteiger partial charge in [-0.2, -0.15) is 0 Å². The average Bonchev–Trinajstić information content (AvgIpc) is 3.06. The third kappa shape index (κ3) is 3.37. The van der Waals surface area contributed by atoms with E-state index in [2.05, 4.69) is 15.3 Å². The SMILES string of the molecule is Nc1nc(-c2ccco2)ncc1C(=O)NCc1cc(F)cc(F)c1. The number of nitrogens with one attached hydrogen (secondary N) is 1. The van der Waals surface area contributed by atoms with Gasteiger partial charge in [-0.25, -0.2) is 18.7 Å². The molecular formula is C16H12F2N4O2. The molecule has 0 unspecified atom stereocenters. The molecule has 0 atom stereocenters. The normalized spacial score (nSPS) is 10.6. The van der Waals surface area contributed by atoms with Crippen LogP contribution in [0.15, 0.2) is 47.2 Å². The van der Waals surface area contributed by atoms with Crippen LogP contribution in [0.4, 0.5) is 14.6 Å². The number of carbonyl (C=O) groups is 1. The fraction of sp³-hybridized carbons (Fsp3) is 0.0625. The van der Waals surface area contributed by atoms with E-state index in [1.165, 1.54) is 12.5 Å².